The van der Waals surface area contributed by atoms with Gasteiger partial charge < -0.3 is 9.51 Å². The van der Waals surface area contributed by atoms with Crippen molar-refractivity contribution in [2.24, 2.45) is 11.8 Å². The minimum absolute atomic E-state index is 0. The van der Waals surface area contributed by atoms with Crippen LogP contribution in [0.2, 0.25) is 0 Å². The molecule has 0 amide bonds. The number of hydrogen-bond donors (Lipinski definition) is 1. The number of nitrogens with zero attached hydrogens (tertiary/aromatic N) is 3. The molecule has 0 aliphatic carbocycles. The Balaban J connectivity index is 0.000000249. The molecule has 3 aromatic heterocycles. The van der Waals surface area contributed by atoms with Crippen molar-refractivity contribution in [2.45, 2.75) is 53.4 Å². The molecule has 6 aromatic rings. The first kappa shape index (κ1) is 34.0. The van der Waals surface area contributed by atoms with Gasteiger partial charge in [-0.1, -0.05) is 81.1 Å². The summed E-state index contributed by atoms with van der Waals surface area (Å²) >= 11 is 0. The first-order valence-corrected chi connectivity index (χ1v) is 14.8. The van der Waals surface area contributed by atoms with E-state index in [1.165, 1.54) is 6.08 Å². The second-order valence-corrected chi connectivity index (χ2v) is 10.7. The molecule has 1 N–H and O–H groups in total. The van der Waals surface area contributed by atoms with Crippen LogP contribution in [0.25, 0.3) is 49.4 Å². The van der Waals surface area contributed by atoms with Gasteiger partial charge in [-0.05, 0) is 53.7 Å². The molecule has 10 heteroatoms. The maximum absolute atomic E-state index is 14.6. The molecular weight excluding hydrogens is 763 g/mol. The first-order chi connectivity index (χ1) is 21.2. The van der Waals surface area contributed by atoms with E-state index in [2.05, 4.69) is 16.2 Å². The van der Waals surface area contributed by atoms with Gasteiger partial charge in [0.05, 0.1) is 5.76 Å². The number of hydrogen-bond acceptors (Lipinski definition) is 4. The predicted octanol–water partition coefficient (Wildman–Crippen LogP) is 9.52. The third-order valence-corrected chi connectivity index (χ3v) is 8.36. The summed E-state index contributed by atoms with van der Waals surface area (Å²) in [5.41, 5.74) is 1.40. The molecule has 5 nitrogen and oxygen atoms in total. The van der Waals surface area contributed by atoms with Gasteiger partial charge in [0.25, 0.3) is 0 Å². The summed E-state index contributed by atoms with van der Waals surface area (Å²) in [6.07, 6.45) is 9.06. The topological polar surface area (TPSA) is 67.5 Å². The molecule has 6 rings (SSSR count). The second kappa shape index (κ2) is 14.0. The molecule has 1 radical (unpaired) electrons. The second-order valence-electron chi connectivity index (χ2n) is 10.7. The number of aromatic nitrogens is 3. The van der Waals surface area contributed by atoms with Crippen molar-refractivity contribution >= 4 is 43.9 Å². The van der Waals surface area contributed by atoms with Gasteiger partial charge in [0, 0.05) is 49.1 Å². The average molecular weight is 795 g/mol. The van der Waals surface area contributed by atoms with Gasteiger partial charge in [0.15, 0.2) is 29.1 Å². The van der Waals surface area contributed by atoms with Crippen molar-refractivity contribution in [3.8, 4) is 11.3 Å². The van der Waals surface area contributed by atoms with E-state index < -0.39 is 34.2 Å². The predicted molar refractivity (Wildman–Crippen MR) is 165 cm³/mol. The number of ketones is 1. The molecule has 3 heterocycles. The Hall–Kier alpha value is -3.88. The summed E-state index contributed by atoms with van der Waals surface area (Å²) in [5.74, 6) is -6.33. The molecule has 0 aliphatic heterocycles. The molecule has 0 unspecified atom stereocenters. The normalized spacial score (nSPS) is 12.0. The maximum atomic E-state index is 14.6. The maximum Gasteiger partial charge on any atom is 0.199 e. The molecular formula is C35H32F4IrN3O2-. The van der Waals surface area contributed by atoms with E-state index in [4.69, 9.17) is 0 Å². The van der Waals surface area contributed by atoms with Crippen molar-refractivity contribution in [1.82, 2.24) is 14.4 Å². The van der Waals surface area contributed by atoms with Crippen LogP contribution in [-0.4, -0.2) is 25.3 Å². The van der Waals surface area contributed by atoms with Crippen molar-refractivity contribution in [1.29, 1.82) is 0 Å². The van der Waals surface area contributed by atoms with Crippen LogP contribution in [0.1, 0.15) is 53.4 Å². The number of benzene rings is 3. The number of aliphatic hydroxyl groups is 1. The number of fused-ring (bicyclic) bond motifs is 4. The van der Waals surface area contributed by atoms with Crippen molar-refractivity contribution < 1.29 is 47.6 Å². The summed E-state index contributed by atoms with van der Waals surface area (Å²) in [5, 5.41) is 11.9. The molecule has 45 heavy (non-hydrogen) atoms. The largest absolute Gasteiger partial charge is 0.512 e. The molecule has 0 aliphatic rings. The van der Waals surface area contributed by atoms with Crippen molar-refractivity contribution in [2.75, 3.05) is 0 Å². The summed E-state index contributed by atoms with van der Waals surface area (Å²) < 4.78 is 58.3. The summed E-state index contributed by atoms with van der Waals surface area (Å²) in [6, 6.07) is 13.3. The summed E-state index contributed by atoms with van der Waals surface area (Å²) in [7, 11) is 0. The monoisotopic (exact) mass is 795 g/mol. The molecule has 0 atom stereocenters. The zero-order chi connectivity index (χ0) is 31.7. The number of halogens is 4. The first-order valence-electron chi connectivity index (χ1n) is 14.8. The van der Waals surface area contributed by atoms with Crippen LogP contribution in [0.4, 0.5) is 17.6 Å². The number of aliphatic hydroxyl groups excluding tert-OH is 1. The van der Waals surface area contributed by atoms with Crippen LogP contribution in [-0.2, 0) is 24.9 Å². The van der Waals surface area contributed by atoms with Crippen LogP contribution in [0, 0.1) is 41.3 Å². The fourth-order valence-electron chi connectivity index (χ4n) is 5.82. The van der Waals surface area contributed by atoms with E-state index in [9.17, 15) is 27.5 Å². The molecule has 3 aromatic carbocycles. The Morgan fingerprint density at radius 3 is 2.09 bits per heavy atom. The van der Waals surface area contributed by atoms with Crippen LogP contribution >= 0.6 is 0 Å². The van der Waals surface area contributed by atoms with E-state index >= 15 is 0 Å². The Kier molecular flexibility index (Phi) is 10.6. The van der Waals surface area contributed by atoms with Crippen molar-refractivity contribution in [3.05, 3.63) is 90.1 Å². The van der Waals surface area contributed by atoms with Gasteiger partial charge >= 0.3 is 0 Å². The smallest absolute Gasteiger partial charge is 0.199 e. The third kappa shape index (κ3) is 5.93. The summed E-state index contributed by atoms with van der Waals surface area (Å²) in [6.45, 7) is 8.07. The fourth-order valence-corrected chi connectivity index (χ4v) is 5.82. The SMILES string of the molecule is CCC(CC)C(=O)/C=C(\O)C(CC)CC.Fc1c(F)c(F)c2c(-c3[c-]n4c5ccccc5c5cccc3c54)ncnc2c1F.[Ir]. The summed E-state index contributed by atoms with van der Waals surface area (Å²) in [4.78, 5) is 19.4. The number of para-hydroxylation sites is 2. The van der Waals surface area contributed by atoms with Crippen LogP contribution in [0.5, 0.6) is 0 Å². The minimum atomic E-state index is -1.90. The standard InChI is InChI=1S/C22H8F4N3.C13H24O2.Ir/c23-16-15-20(27-9-28-21(15)19(26)18(25)17(16)24)13-8-29-14-7-2-1-4-10(14)11-5-3-6-12(13)22(11)29;1-5-10(6-2)12(14)9-13(15)11(7-3)8-4;/h1-7,9H;9-11,14H,5-8H2,1-4H3;/q-1;;/b;12-9-;. The van der Waals surface area contributed by atoms with Gasteiger partial charge in [-0.15, -0.1) is 0 Å². The van der Waals surface area contributed by atoms with E-state index in [0.29, 0.717) is 10.9 Å². The van der Waals surface area contributed by atoms with E-state index in [0.717, 1.165) is 53.8 Å². The van der Waals surface area contributed by atoms with Gasteiger partial charge in [0.2, 0.25) is 0 Å². The van der Waals surface area contributed by atoms with Gasteiger partial charge in [0.1, 0.15) is 11.8 Å². The van der Waals surface area contributed by atoms with E-state index in [-0.39, 0.29) is 49.2 Å². The Bertz CT molecular complexity index is 2020. The number of carbonyl (C=O) groups excluding carboxylic acids is 1. The van der Waals surface area contributed by atoms with E-state index in [1.807, 2.05) is 68.5 Å². The molecule has 0 spiro atoms. The molecule has 0 saturated heterocycles. The van der Waals surface area contributed by atoms with Crippen LogP contribution < -0.4 is 0 Å². The van der Waals surface area contributed by atoms with Gasteiger partial charge in [-0.3, -0.25) is 9.78 Å². The molecule has 0 fully saturated rings. The average Bonchev–Trinajstić information content (AvgIpc) is 3.58. The molecule has 0 bridgehead atoms. The number of allylic oxidation sites excluding steroid dienone is 2. The molecule has 237 valence electrons. The third-order valence-electron chi connectivity index (χ3n) is 8.36. The molecule has 0 saturated carbocycles. The van der Waals surface area contributed by atoms with Crippen LogP contribution in [0.15, 0.2) is 60.6 Å². The zero-order valence-electron chi connectivity index (χ0n) is 25.2. The van der Waals surface area contributed by atoms with E-state index in [1.54, 1.807) is 6.07 Å². The number of carbonyl (C=O) groups is 1. The Morgan fingerprint density at radius 1 is 0.822 bits per heavy atom. The Morgan fingerprint density at radius 2 is 1.42 bits per heavy atom. The number of rotatable bonds is 8. The zero-order valence-corrected chi connectivity index (χ0v) is 27.6. The Labute approximate surface area is 271 Å². The quantitative estimate of drug-likeness (QED) is 0.0417. The van der Waals surface area contributed by atoms with Crippen LogP contribution in [0.3, 0.4) is 0 Å². The van der Waals surface area contributed by atoms with Crippen molar-refractivity contribution in [3.63, 3.8) is 0 Å². The van der Waals surface area contributed by atoms with Gasteiger partial charge in [-0.2, -0.15) is 0 Å². The van der Waals surface area contributed by atoms with Gasteiger partial charge in [-0.25, -0.2) is 22.5 Å². The minimum Gasteiger partial charge on any atom is -0.512 e. The fraction of sp³-hybridized carbons (Fsp3) is 0.286.